The van der Waals surface area contributed by atoms with Gasteiger partial charge in [0.1, 0.15) is 17.2 Å². The summed E-state index contributed by atoms with van der Waals surface area (Å²) in [6.07, 6.45) is -3.24. The van der Waals surface area contributed by atoms with Crippen LogP contribution in [0.5, 0.6) is 0 Å². The van der Waals surface area contributed by atoms with E-state index in [2.05, 4.69) is 15.0 Å². The molecule has 0 atom stereocenters. The molecule has 4 rings (SSSR count). The smallest absolute Gasteiger partial charge is 0.383 e. The van der Waals surface area contributed by atoms with Gasteiger partial charge in [-0.25, -0.2) is 23.4 Å². The summed E-state index contributed by atoms with van der Waals surface area (Å²) >= 11 is 6.30. The van der Waals surface area contributed by atoms with Crippen molar-refractivity contribution in [1.82, 2.24) is 19.0 Å². The Balaban J connectivity index is 1.91. The number of fused-ring (bicyclic) bond motifs is 1. The Bertz CT molecular complexity index is 1200. The van der Waals surface area contributed by atoms with Crippen LogP contribution in [0.25, 0.3) is 33.8 Å². The summed E-state index contributed by atoms with van der Waals surface area (Å²) in [4.78, 5) is 12.5. The van der Waals surface area contributed by atoms with Crippen LogP contribution in [0.15, 0.2) is 48.7 Å². The number of pyridine rings is 2. The summed E-state index contributed by atoms with van der Waals surface area (Å²) in [5.41, 5.74) is 5.37. The van der Waals surface area contributed by atoms with Crippen LogP contribution in [0.2, 0.25) is 0 Å². The summed E-state index contributed by atoms with van der Waals surface area (Å²) in [5, 5.41) is 0. The third-order valence-corrected chi connectivity index (χ3v) is 4.42. The molecule has 0 spiro atoms. The highest BCUT2D eigenvalue weighted by atomic mass is 35.5. The van der Waals surface area contributed by atoms with Crippen LogP contribution in [0.3, 0.4) is 0 Å². The lowest BCUT2D eigenvalue weighted by Gasteiger charge is -2.12. The number of hydrogen-bond acceptors (Lipinski definition) is 4. The average Bonchev–Trinajstić information content (AvgIpc) is 2.97. The second kappa shape index (κ2) is 6.45. The Morgan fingerprint density at radius 3 is 2.50 bits per heavy atom. The zero-order valence-electron chi connectivity index (χ0n) is 13.9. The molecule has 0 saturated heterocycles. The predicted molar refractivity (Wildman–Crippen MR) is 96.8 cm³/mol. The standard InChI is InChI=1S/C18H10ClF4N5/c19-28-16(11-2-1-7-25-15(11)24)27-14-6-5-13(26-17(14)28)10-4-3-9(20)8-12(10)18(21,22)23/h1-8H,(H2,24,25). The summed E-state index contributed by atoms with van der Waals surface area (Å²) in [7, 11) is 0. The van der Waals surface area contributed by atoms with Gasteiger partial charge in [-0.1, -0.05) is 0 Å². The summed E-state index contributed by atoms with van der Waals surface area (Å²) < 4.78 is 54.4. The highest BCUT2D eigenvalue weighted by Gasteiger charge is 2.34. The molecule has 0 aliphatic carbocycles. The van der Waals surface area contributed by atoms with Crippen LogP contribution in [0.4, 0.5) is 23.4 Å². The third-order valence-electron chi connectivity index (χ3n) is 4.10. The van der Waals surface area contributed by atoms with E-state index in [0.717, 1.165) is 16.2 Å². The summed E-state index contributed by atoms with van der Waals surface area (Å²) in [6, 6.07) is 8.56. The fourth-order valence-electron chi connectivity index (χ4n) is 2.83. The number of hydrogen-bond donors (Lipinski definition) is 1. The number of nitrogens with two attached hydrogens (primary N) is 1. The first kappa shape index (κ1) is 18.2. The van der Waals surface area contributed by atoms with E-state index in [0.29, 0.717) is 17.1 Å². The first-order valence-electron chi connectivity index (χ1n) is 7.89. The molecule has 0 amide bonds. The van der Waals surface area contributed by atoms with E-state index < -0.39 is 17.6 Å². The molecular weight excluding hydrogens is 398 g/mol. The van der Waals surface area contributed by atoms with Gasteiger partial charge in [0.15, 0.2) is 11.5 Å². The van der Waals surface area contributed by atoms with Crippen molar-refractivity contribution in [1.29, 1.82) is 0 Å². The van der Waals surface area contributed by atoms with Crippen molar-refractivity contribution in [2.75, 3.05) is 5.73 Å². The Morgan fingerprint density at radius 2 is 1.79 bits per heavy atom. The Hall–Kier alpha value is -3.20. The normalized spacial score (nSPS) is 11.9. The molecule has 0 fully saturated rings. The number of halogens is 5. The molecule has 5 nitrogen and oxygen atoms in total. The van der Waals surface area contributed by atoms with Gasteiger partial charge in [-0.05, 0) is 42.5 Å². The summed E-state index contributed by atoms with van der Waals surface area (Å²) in [5.74, 6) is -0.547. The molecule has 0 aliphatic heterocycles. The average molecular weight is 408 g/mol. The van der Waals surface area contributed by atoms with E-state index in [-0.39, 0.29) is 28.5 Å². The number of nitrogen functional groups attached to an aromatic ring is 1. The van der Waals surface area contributed by atoms with Crippen molar-refractivity contribution in [3.8, 4) is 22.6 Å². The van der Waals surface area contributed by atoms with Gasteiger partial charge in [-0.3, -0.25) is 0 Å². The molecule has 0 unspecified atom stereocenters. The van der Waals surface area contributed by atoms with E-state index >= 15 is 0 Å². The van der Waals surface area contributed by atoms with E-state index in [9.17, 15) is 17.6 Å². The first-order valence-corrected chi connectivity index (χ1v) is 8.23. The Kier molecular flexibility index (Phi) is 4.19. The van der Waals surface area contributed by atoms with E-state index in [4.69, 9.17) is 17.5 Å². The highest BCUT2D eigenvalue weighted by molar-refractivity contribution is 6.20. The van der Waals surface area contributed by atoms with Gasteiger partial charge in [0.05, 0.1) is 16.8 Å². The number of aromatic nitrogens is 4. The van der Waals surface area contributed by atoms with Crippen LogP contribution in [-0.2, 0) is 6.18 Å². The molecular formula is C18H10ClF4N5. The minimum absolute atomic E-state index is 0.0210. The number of nitrogens with zero attached hydrogens (tertiary/aromatic N) is 4. The summed E-state index contributed by atoms with van der Waals surface area (Å²) in [6.45, 7) is 0. The second-order valence-electron chi connectivity index (χ2n) is 5.88. The lowest BCUT2D eigenvalue weighted by molar-refractivity contribution is -0.137. The molecule has 1 aromatic carbocycles. The van der Waals surface area contributed by atoms with Gasteiger partial charge >= 0.3 is 6.18 Å². The number of imidazole rings is 1. The van der Waals surface area contributed by atoms with Crippen molar-refractivity contribution in [3.05, 3.63) is 60.0 Å². The fraction of sp³-hybridized carbons (Fsp3) is 0.0556. The third kappa shape index (κ3) is 3.03. The van der Waals surface area contributed by atoms with Gasteiger partial charge in [0.2, 0.25) is 0 Å². The molecule has 0 bridgehead atoms. The topological polar surface area (TPSA) is 69.6 Å². The molecule has 3 heterocycles. The molecule has 28 heavy (non-hydrogen) atoms. The van der Waals surface area contributed by atoms with Crippen molar-refractivity contribution >= 4 is 28.8 Å². The van der Waals surface area contributed by atoms with Crippen LogP contribution < -0.4 is 5.73 Å². The van der Waals surface area contributed by atoms with Gasteiger partial charge in [-0.15, -0.1) is 0 Å². The lowest BCUT2D eigenvalue weighted by atomic mass is 10.0. The van der Waals surface area contributed by atoms with Crippen molar-refractivity contribution < 1.29 is 17.6 Å². The maximum Gasteiger partial charge on any atom is 0.417 e. The molecule has 3 aromatic heterocycles. The quantitative estimate of drug-likeness (QED) is 0.480. The first-order chi connectivity index (χ1) is 13.3. The Morgan fingerprint density at radius 1 is 1.00 bits per heavy atom. The zero-order chi connectivity index (χ0) is 20.1. The molecule has 10 heteroatoms. The van der Waals surface area contributed by atoms with E-state index in [1.165, 1.54) is 18.3 Å². The van der Waals surface area contributed by atoms with Gasteiger partial charge in [0, 0.05) is 23.5 Å². The second-order valence-corrected chi connectivity index (χ2v) is 6.22. The maximum absolute atomic E-state index is 13.4. The number of rotatable bonds is 2. The van der Waals surface area contributed by atoms with E-state index in [1.54, 1.807) is 12.1 Å². The largest absolute Gasteiger partial charge is 0.417 e. The maximum atomic E-state index is 13.4. The minimum atomic E-state index is -4.75. The van der Waals surface area contributed by atoms with Crippen LogP contribution >= 0.6 is 11.8 Å². The van der Waals surface area contributed by atoms with Crippen LogP contribution in [0, 0.1) is 5.82 Å². The van der Waals surface area contributed by atoms with Gasteiger partial charge in [-0.2, -0.15) is 13.2 Å². The zero-order valence-corrected chi connectivity index (χ0v) is 14.6. The molecule has 0 aliphatic rings. The Labute approximate surface area is 160 Å². The molecule has 0 saturated carbocycles. The molecule has 142 valence electrons. The lowest BCUT2D eigenvalue weighted by Crippen LogP contribution is -2.08. The van der Waals surface area contributed by atoms with Crippen molar-refractivity contribution in [3.63, 3.8) is 0 Å². The molecule has 4 aromatic rings. The van der Waals surface area contributed by atoms with E-state index in [1.807, 2.05) is 0 Å². The van der Waals surface area contributed by atoms with Crippen LogP contribution in [0.1, 0.15) is 5.56 Å². The van der Waals surface area contributed by atoms with Crippen molar-refractivity contribution in [2.45, 2.75) is 6.18 Å². The fourth-order valence-corrected chi connectivity index (χ4v) is 3.08. The monoisotopic (exact) mass is 407 g/mol. The van der Waals surface area contributed by atoms with Crippen molar-refractivity contribution in [2.24, 2.45) is 0 Å². The number of benzene rings is 1. The number of anilines is 1. The highest BCUT2D eigenvalue weighted by Crippen LogP contribution is 2.38. The molecule has 0 radical (unpaired) electrons. The van der Waals surface area contributed by atoms with Gasteiger partial charge < -0.3 is 5.73 Å². The molecule has 2 N–H and O–H groups in total. The minimum Gasteiger partial charge on any atom is -0.383 e. The number of alkyl halides is 3. The van der Waals surface area contributed by atoms with Gasteiger partial charge in [0.25, 0.3) is 0 Å². The SMILES string of the molecule is Nc1ncccc1-c1nc2ccc(-c3ccc(F)cc3C(F)(F)F)nc2n1Cl. The van der Waals surface area contributed by atoms with Crippen LogP contribution in [-0.4, -0.2) is 19.0 Å². The predicted octanol–water partition coefficient (Wildman–Crippen LogP) is 4.90.